The first-order valence-corrected chi connectivity index (χ1v) is 8.34. The van der Waals surface area contributed by atoms with Crippen molar-refractivity contribution in [2.75, 3.05) is 0 Å². The summed E-state index contributed by atoms with van der Waals surface area (Å²) in [7, 11) is 0. The Hall–Kier alpha value is -2.04. The van der Waals surface area contributed by atoms with Gasteiger partial charge in [-0.15, -0.1) is 0 Å². The Labute approximate surface area is 136 Å². The molecule has 1 saturated carbocycles. The van der Waals surface area contributed by atoms with E-state index < -0.39 is 5.60 Å². The van der Waals surface area contributed by atoms with Crippen LogP contribution >= 0.6 is 0 Å². The molecule has 124 valence electrons. The van der Waals surface area contributed by atoms with Gasteiger partial charge in [0.2, 0.25) is 0 Å². The molecule has 3 rings (SSSR count). The number of aromatic nitrogens is 2. The van der Waals surface area contributed by atoms with Crippen LogP contribution in [-0.2, 0) is 4.74 Å². The zero-order valence-corrected chi connectivity index (χ0v) is 14.1. The van der Waals surface area contributed by atoms with Crippen molar-refractivity contribution in [2.45, 2.75) is 64.0 Å². The lowest BCUT2D eigenvalue weighted by Gasteiger charge is -2.29. The minimum atomic E-state index is -0.447. The molecule has 1 aliphatic rings. The van der Waals surface area contributed by atoms with Gasteiger partial charge in [0, 0.05) is 23.9 Å². The first-order valence-electron chi connectivity index (χ1n) is 8.34. The van der Waals surface area contributed by atoms with Crippen molar-refractivity contribution in [1.29, 1.82) is 0 Å². The molecule has 0 spiro atoms. The molecule has 2 aromatic heterocycles. The number of H-pyrrole nitrogens is 1. The molecular formula is C18H25N3O2. The minimum absolute atomic E-state index is 0.206. The van der Waals surface area contributed by atoms with Crippen molar-refractivity contribution in [1.82, 2.24) is 15.3 Å². The molecule has 0 saturated heterocycles. The number of alkyl carbamates (subject to hydrolysis) is 1. The van der Waals surface area contributed by atoms with E-state index in [0.717, 1.165) is 42.4 Å². The molecule has 2 aromatic rings. The number of carbonyl (C=O) groups is 1. The number of hydrogen-bond acceptors (Lipinski definition) is 3. The quantitative estimate of drug-likeness (QED) is 0.876. The first kappa shape index (κ1) is 15.8. The summed E-state index contributed by atoms with van der Waals surface area (Å²) in [6.07, 6.45) is 5.64. The average Bonchev–Trinajstić information content (AvgIpc) is 2.93. The summed E-state index contributed by atoms with van der Waals surface area (Å²) in [4.78, 5) is 19.8. The second kappa shape index (κ2) is 6.22. The first-order chi connectivity index (χ1) is 10.9. The molecule has 5 nitrogen and oxygen atoms in total. The van der Waals surface area contributed by atoms with Gasteiger partial charge >= 0.3 is 6.09 Å². The Kier molecular flexibility index (Phi) is 4.28. The number of rotatable bonds is 2. The maximum Gasteiger partial charge on any atom is 0.407 e. The van der Waals surface area contributed by atoms with Crippen LogP contribution in [0.25, 0.3) is 11.0 Å². The van der Waals surface area contributed by atoms with Crippen molar-refractivity contribution in [3.63, 3.8) is 0 Å². The highest BCUT2D eigenvalue weighted by Crippen LogP contribution is 2.32. The van der Waals surface area contributed by atoms with E-state index in [2.05, 4.69) is 22.4 Å². The van der Waals surface area contributed by atoms with Gasteiger partial charge in [0.05, 0.1) is 11.0 Å². The van der Waals surface area contributed by atoms with Gasteiger partial charge in [0.15, 0.2) is 0 Å². The highest BCUT2D eigenvalue weighted by molar-refractivity contribution is 5.74. The minimum Gasteiger partial charge on any atom is -0.444 e. The van der Waals surface area contributed by atoms with E-state index >= 15 is 0 Å². The largest absolute Gasteiger partial charge is 0.444 e. The van der Waals surface area contributed by atoms with Crippen molar-refractivity contribution in [3.05, 3.63) is 30.1 Å². The summed E-state index contributed by atoms with van der Waals surface area (Å²) < 4.78 is 5.33. The molecule has 0 bridgehead atoms. The van der Waals surface area contributed by atoms with Crippen molar-refractivity contribution in [3.8, 4) is 0 Å². The zero-order chi connectivity index (χ0) is 16.4. The predicted molar refractivity (Wildman–Crippen MR) is 90.5 cm³/mol. The van der Waals surface area contributed by atoms with Crippen LogP contribution < -0.4 is 5.32 Å². The topological polar surface area (TPSA) is 67.0 Å². The molecule has 2 N–H and O–H groups in total. The summed E-state index contributed by atoms with van der Waals surface area (Å²) in [5.74, 6) is 0.478. The van der Waals surface area contributed by atoms with Gasteiger partial charge in [-0.1, -0.05) is 0 Å². The van der Waals surface area contributed by atoms with Gasteiger partial charge in [-0.25, -0.2) is 4.79 Å². The van der Waals surface area contributed by atoms with Crippen LogP contribution in [-0.4, -0.2) is 27.7 Å². The standard InChI is InChI=1S/C18H25N3O2/c1-18(2,3)23-17(22)20-13-6-4-12(5-7-13)14-8-9-15-16(21-14)10-11-19-15/h8-13,19H,4-7H2,1-3H3,(H,20,22). The number of carbonyl (C=O) groups excluding carboxylic acids is 1. The van der Waals surface area contributed by atoms with Gasteiger partial charge in [-0.2, -0.15) is 0 Å². The Morgan fingerprint density at radius 2 is 1.96 bits per heavy atom. The number of pyridine rings is 1. The fourth-order valence-electron chi connectivity index (χ4n) is 3.19. The molecule has 0 atom stereocenters. The van der Waals surface area contributed by atoms with Gasteiger partial charge in [-0.05, 0) is 64.7 Å². The van der Waals surface area contributed by atoms with Gasteiger partial charge in [-0.3, -0.25) is 4.98 Å². The molecular weight excluding hydrogens is 290 g/mol. The molecule has 0 radical (unpaired) electrons. The Morgan fingerprint density at radius 3 is 2.65 bits per heavy atom. The molecule has 5 heteroatoms. The molecule has 1 fully saturated rings. The van der Waals surface area contributed by atoms with Crippen LogP contribution in [0.2, 0.25) is 0 Å². The normalized spacial score (nSPS) is 22.0. The van der Waals surface area contributed by atoms with E-state index in [1.165, 1.54) is 0 Å². The Balaban J connectivity index is 1.54. The van der Waals surface area contributed by atoms with Crippen LogP contribution in [0.15, 0.2) is 24.4 Å². The van der Waals surface area contributed by atoms with Crippen molar-refractivity contribution >= 4 is 17.1 Å². The smallest absolute Gasteiger partial charge is 0.407 e. The summed E-state index contributed by atoms with van der Waals surface area (Å²) in [5.41, 5.74) is 2.82. The second-order valence-corrected chi connectivity index (χ2v) is 7.34. The number of nitrogens with one attached hydrogen (secondary N) is 2. The van der Waals surface area contributed by atoms with Crippen LogP contribution in [0, 0.1) is 0 Å². The van der Waals surface area contributed by atoms with Gasteiger partial charge < -0.3 is 15.0 Å². The fourth-order valence-corrected chi connectivity index (χ4v) is 3.19. The van der Waals surface area contributed by atoms with E-state index in [1.54, 1.807) is 0 Å². The van der Waals surface area contributed by atoms with E-state index in [0.29, 0.717) is 5.92 Å². The third-order valence-corrected chi connectivity index (χ3v) is 4.29. The monoisotopic (exact) mass is 315 g/mol. The van der Waals surface area contributed by atoms with Crippen LogP contribution in [0.1, 0.15) is 58.1 Å². The van der Waals surface area contributed by atoms with Crippen LogP contribution in [0.4, 0.5) is 4.79 Å². The molecule has 2 heterocycles. The number of ether oxygens (including phenoxy) is 1. The summed E-state index contributed by atoms with van der Waals surface area (Å²) in [6.45, 7) is 5.64. The molecule has 1 amide bonds. The zero-order valence-electron chi connectivity index (χ0n) is 14.1. The molecule has 23 heavy (non-hydrogen) atoms. The number of fused-ring (bicyclic) bond motifs is 1. The number of amides is 1. The molecule has 0 aliphatic heterocycles. The second-order valence-electron chi connectivity index (χ2n) is 7.34. The van der Waals surface area contributed by atoms with E-state index in [1.807, 2.05) is 33.0 Å². The van der Waals surface area contributed by atoms with Crippen LogP contribution in [0.5, 0.6) is 0 Å². The maximum absolute atomic E-state index is 11.8. The lowest BCUT2D eigenvalue weighted by Crippen LogP contribution is -2.40. The lowest BCUT2D eigenvalue weighted by molar-refractivity contribution is 0.0491. The van der Waals surface area contributed by atoms with E-state index in [-0.39, 0.29) is 12.1 Å². The molecule has 0 unspecified atom stereocenters. The molecule has 0 aromatic carbocycles. The van der Waals surface area contributed by atoms with Gasteiger partial charge in [0.25, 0.3) is 0 Å². The summed E-state index contributed by atoms with van der Waals surface area (Å²) >= 11 is 0. The number of aromatic amines is 1. The number of nitrogens with zero attached hydrogens (tertiary/aromatic N) is 1. The third kappa shape index (κ3) is 4.03. The van der Waals surface area contributed by atoms with E-state index in [9.17, 15) is 4.79 Å². The Morgan fingerprint density at radius 1 is 1.22 bits per heavy atom. The third-order valence-electron chi connectivity index (χ3n) is 4.29. The highest BCUT2D eigenvalue weighted by Gasteiger charge is 2.26. The van der Waals surface area contributed by atoms with Crippen LogP contribution in [0.3, 0.4) is 0 Å². The SMILES string of the molecule is CC(C)(C)OC(=O)NC1CCC(c2ccc3[nH]ccc3n2)CC1. The van der Waals surface area contributed by atoms with E-state index in [4.69, 9.17) is 9.72 Å². The van der Waals surface area contributed by atoms with Gasteiger partial charge in [0.1, 0.15) is 5.60 Å². The average molecular weight is 315 g/mol. The lowest BCUT2D eigenvalue weighted by atomic mass is 9.84. The Bertz CT molecular complexity index is 679. The summed E-state index contributed by atoms with van der Waals surface area (Å²) in [6, 6.07) is 6.43. The number of hydrogen-bond donors (Lipinski definition) is 2. The fraction of sp³-hybridized carbons (Fsp3) is 0.556. The van der Waals surface area contributed by atoms with Crippen molar-refractivity contribution < 1.29 is 9.53 Å². The molecule has 1 aliphatic carbocycles. The van der Waals surface area contributed by atoms with Crippen molar-refractivity contribution in [2.24, 2.45) is 0 Å². The summed E-state index contributed by atoms with van der Waals surface area (Å²) in [5, 5.41) is 2.99. The maximum atomic E-state index is 11.8. The predicted octanol–water partition coefficient (Wildman–Crippen LogP) is 4.11. The highest BCUT2D eigenvalue weighted by atomic mass is 16.6.